The molecule has 1 unspecified atom stereocenters. The lowest BCUT2D eigenvalue weighted by Gasteiger charge is -2.13. The van der Waals surface area contributed by atoms with Gasteiger partial charge in [0.25, 0.3) is 0 Å². The van der Waals surface area contributed by atoms with Gasteiger partial charge in [0, 0.05) is 5.56 Å². The maximum Gasteiger partial charge on any atom is 0.179 e. The second-order valence-electron chi connectivity index (χ2n) is 2.77. The number of aliphatic hydroxyl groups excluding tert-OH is 1. The summed E-state index contributed by atoms with van der Waals surface area (Å²) in [5.41, 5.74) is 0.428. The lowest BCUT2D eigenvalue weighted by molar-refractivity contribution is 0.237. The van der Waals surface area contributed by atoms with Crippen LogP contribution in [-0.2, 0) is 0 Å². The number of hydrogen-bond donors (Lipinski definition) is 1. The van der Waals surface area contributed by atoms with Crippen molar-refractivity contribution in [2.75, 3.05) is 14.2 Å². The van der Waals surface area contributed by atoms with Gasteiger partial charge in [-0.3, -0.25) is 0 Å². The molecule has 0 aliphatic heterocycles. The molecular formula is C11H11ClO3. The maximum atomic E-state index is 9.48. The van der Waals surface area contributed by atoms with E-state index in [1.54, 1.807) is 12.1 Å². The highest BCUT2D eigenvalue weighted by Crippen LogP contribution is 2.39. The Morgan fingerprint density at radius 1 is 1.40 bits per heavy atom. The molecule has 0 aliphatic rings. The normalized spacial score (nSPS) is 11.7. The molecule has 1 aromatic carbocycles. The Morgan fingerprint density at radius 3 is 2.53 bits per heavy atom. The molecule has 0 saturated heterocycles. The quantitative estimate of drug-likeness (QED) is 0.802. The first kappa shape index (κ1) is 11.7. The van der Waals surface area contributed by atoms with Crippen LogP contribution in [0.3, 0.4) is 0 Å². The maximum absolute atomic E-state index is 9.48. The van der Waals surface area contributed by atoms with E-state index in [2.05, 4.69) is 5.92 Å². The van der Waals surface area contributed by atoms with E-state index in [0.717, 1.165) is 0 Å². The number of ether oxygens (including phenoxy) is 2. The highest BCUT2D eigenvalue weighted by molar-refractivity contribution is 6.33. The third-order valence-corrected chi connectivity index (χ3v) is 2.36. The van der Waals surface area contributed by atoms with E-state index in [9.17, 15) is 5.11 Å². The Morgan fingerprint density at radius 2 is 2.07 bits per heavy atom. The molecule has 0 radical (unpaired) electrons. The van der Waals surface area contributed by atoms with Crippen LogP contribution in [0, 0.1) is 12.3 Å². The second-order valence-corrected chi connectivity index (χ2v) is 3.15. The van der Waals surface area contributed by atoms with Gasteiger partial charge < -0.3 is 14.6 Å². The Labute approximate surface area is 93.6 Å². The molecule has 0 aliphatic carbocycles. The summed E-state index contributed by atoms with van der Waals surface area (Å²) >= 11 is 6.01. The SMILES string of the molecule is C#CC(O)c1ccc(OC)c(OC)c1Cl. The number of methoxy groups -OCH3 is 2. The third-order valence-electron chi connectivity index (χ3n) is 1.97. The van der Waals surface area contributed by atoms with E-state index in [1.165, 1.54) is 14.2 Å². The minimum atomic E-state index is -1.04. The van der Waals surface area contributed by atoms with Crippen LogP contribution in [0.15, 0.2) is 12.1 Å². The fraction of sp³-hybridized carbons (Fsp3) is 0.273. The molecule has 0 heterocycles. The minimum absolute atomic E-state index is 0.266. The van der Waals surface area contributed by atoms with Gasteiger partial charge in [-0.15, -0.1) is 6.42 Å². The lowest BCUT2D eigenvalue weighted by atomic mass is 10.1. The molecule has 1 aromatic rings. The fourth-order valence-corrected chi connectivity index (χ4v) is 1.54. The van der Waals surface area contributed by atoms with Crippen molar-refractivity contribution in [1.29, 1.82) is 0 Å². The topological polar surface area (TPSA) is 38.7 Å². The number of terminal acetylenes is 1. The van der Waals surface area contributed by atoms with Crippen molar-refractivity contribution in [3.8, 4) is 23.8 Å². The molecule has 1 atom stereocenters. The van der Waals surface area contributed by atoms with Crippen LogP contribution in [0.2, 0.25) is 5.02 Å². The molecule has 0 saturated carbocycles. The second kappa shape index (κ2) is 4.92. The van der Waals surface area contributed by atoms with Crippen LogP contribution in [0.25, 0.3) is 0 Å². The van der Waals surface area contributed by atoms with Crippen molar-refractivity contribution < 1.29 is 14.6 Å². The first-order valence-electron chi connectivity index (χ1n) is 4.20. The van der Waals surface area contributed by atoms with E-state index in [4.69, 9.17) is 27.5 Å². The predicted molar refractivity (Wildman–Crippen MR) is 58.3 cm³/mol. The van der Waals surface area contributed by atoms with Crippen LogP contribution in [0.5, 0.6) is 11.5 Å². The standard InChI is InChI=1S/C11H11ClO3/c1-4-8(13)7-5-6-9(14-2)11(15-3)10(7)12/h1,5-6,8,13H,2-3H3. The highest BCUT2D eigenvalue weighted by Gasteiger charge is 2.16. The number of aliphatic hydroxyl groups is 1. The Kier molecular flexibility index (Phi) is 3.84. The van der Waals surface area contributed by atoms with Gasteiger partial charge in [-0.1, -0.05) is 17.5 Å². The van der Waals surface area contributed by atoms with Crippen molar-refractivity contribution in [2.24, 2.45) is 0 Å². The summed E-state index contributed by atoms with van der Waals surface area (Å²) in [6.07, 6.45) is 4.06. The van der Waals surface area contributed by atoms with E-state index < -0.39 is 6.10 Å². The Hall–Kier alpha value is -1.37. The van der Waals surface area contributed by atoms with Gasteiger partial charge in [-0.05, 0) is 12.1 Å². The molecule has 4 heteroatoms. The predicted octanol–water partition coefficient (Wildman–Crippen LogP) is 2.02. The molecule has 3 nitrogen and oxygen atoms in total. The number of halogens is 1. The number of rotatable bonds is 3. The van der Waals surface area contributed by atoms with E-state index in [-0.39, 0.29) is 5.02 Å². The molecule has 0 aromatic heterocycles. The summed E-state index contributed by atoms with van der Waals surface area (Å²) < 4.78 is 10.1. The van der Waals surface area contributed by atoms with Crippen LogP contribution in [0.4, 0.5) is 0 Å². The van der Waals surface area contributed by atoms with Gasteiger partial charge in [0.2, 0.25) is 0 Å². The van der Waals surface area contributed by atoms with Crippen LogP contribution >= 0.6 is 11.6 Å². The van der Waals surface area contributed by atoms with Crippen molar-refractivity contribution in [3.63, 3.8) is 0 Å². The highest BCUT2D eigenvalue weighted by atomic mass is 35.5. The van der Waals surface area contributed by atoms with Gasteiger partial charge >= 0.3 is 0 Å². The number of benzene rings is 1. The summed E-state index contributed by atoms with van der Waals surface area (Å²) in [7, 11) is 2.97. The lowest BCUT2D eigenvalue weighted by Crippen LogP contribution is -1.98. The minimum Gasteiger partial charge on any atom is -0.493 e. The average molecular weight is 227 g/mol. The monoisotopic (exact) mass is 226 g/mol. The summed E-state index contributed by atoms with van der Waals surface area (Å²) in [6, 6.07) is 3.24. The Balaban J connectivity index is 3.30. The first-order valence-corrected chi connectivity index (χ1v) is 4.58. The van der Waals surface area contributed by atoms with Crippen molar-refractivity contribution >= 4 is 11.6 Å². The van der Waals surface area contributed by atoms with E-state index in [1.807, 2.05) is 0 Å². The van der Waals surface area contributed by atoms with Crippen LogP contribution < -0.4 is 9.47 Å². The van der Waals surface area contributed by atoms with Crippen molar-refractivity contribution in [2.45, 2.75) is 6.10 Å². The van der Waals surface area contributed by atoms with Gasteiger partial charge in [-0.2, -0.15) is 0 Å². The molecule has 1 rings (SSSR count). The molecule has 0 fully saturated rings. The van der Waals surface area contributed by atoms with Gasteiger partial charge in [0.1, 0.15) is 6.10 Å². The average Bonchev–Trinajstić information content (AvgIpc) is 2.27. The largest absolute Gasteiger partial charge is 0.493 e. The Bertz CT molecular complexity index is 396. The van der Waals surface area contributed by atoms with Gasteiger partial charge in [0.05, 0.1) is 19.2 Å². The van der Waals surface area contributed by atoms with Gasteiger partial charge in [0.15, 0.2) is 11.5 Å². The summed E-state index contributed by atoms with van der Waals surface area (Å²) in [5, 5.41) is 9.74. The van der Waals surface area contributed by atoms with Crippen LogP contribution in [-0.4, -0.2) is 19.3 Å². The van der Waals surface area contributed by atoms with E-state index in [0.29, 0.717) is 17.1 Å². The molecule has 1 N–H and O–H groups in total. The third kappa shape index (κ3) is 2.17. The summed E-state index contributed by atoms with van der Waals surface area (Å²) in [6.45, 7) is 0. The van der Waals surface area contributed by atoms with Crippen molar-refractivity contribution in [1.82, 2.24) is 0 Å². The summed E-state index contributed by atoms with van der Waals surface area (Å²) in [5.74, 6) is 3.05. The number of hydrogen-bond acceptors (Lipinski definition) is 3. The van der Waals surface area contributed by atoms with Crippen molar-refractivity contribution in [3.05, 3.63) is 22.7 Å². The molecular weight excluding hydrogens is 216 g/mol. The fourth-order valence-electron chi connectivity index (χ4n) is 1.21. The zero-order valence-electron chi connectivity index (χ0n) is 8.45. The molecule has 0 spiro atoms. The molecule has 0 bridgehead atoms. The smallest absolute Gasteiger partial charge is 0.179 e. The van der Waals surface area contributed by atoms with E-state index >= 15 is 0 Å². The zero-order chi connectivity index (χ0) is 11.4. The molecule has 15 heavy (non-hydrogen) atoms. The summed E-state index contributed by atoms with van der Waals surface area (Å²) in [4.78, 5) is 0. The molecule has 80 valence electrons. The van der Waals surface area contributed by atoms with Crippen LogP contribution in [0.1, 0.15) is 11.7 Å². The van der Waals surface area contributed by atoms with Gasteiger partial charge in [-0.25, -0.2) is 0 Å². The molecule has 0 amide bonds. The zero-order valence-corrected chi connectivity index (χ0v) is 9.21. The first-order chi connectivity index (χ1) is 7.15.